The van der Waals surface area contributed by atoms with Crippen molar-refractivity contribution < 1.29 is 14.3 Å². The lowest BCUT2D eigenvalue weighted by Crippen LogP contribution is -2.53. The highest BCUT2D eigenvalue weighted by Gasteiger charge is 2.30. The molecule has 0 radical (unpaired) electrons. The third kappa shape index (κ3) is 5.73. The van der Waals surface area contributed by atoms with E-state index in [9.17, 15) is 14.4 Å². The van der Waals surface area contributed by atoms with E-state index in [2.05, 4.69) is 32.2 Å². The van der Waals surface area contributed by atoms with Gasteiger partial charge in [-0.25, -0.2) is 0 Å². The smallest absolute Gasteiger partial charge is 0.259 e. The number of fused-ring (bicyclic) bond motifs is 3. The summed E-state index contributed by atoms with van der Waals surface area (Å²) < 4.78 is 7.51. The van der Waals surface area contributed by atoms with E-state index >= 15 is 0 Å². The van der Waals surface area contributed by atoms with E-state index in [0.717, 1.165) is 40.6 Å². The number of amides is 2. The average Bonchev–Trinajstić information content (AvgIpc) is 3.45. The van der Waals surface area contributed by atoms with E-state index in [1.807, 2.05) is 55.5 Å². The number of carbonyl (C=O) groups is 2. The number of aromatic nitrogens is 4. The van der Waals surface area contributed by atoms with Crippen LogP contribution in [0, 0.1) is 12.3 Å². The topological polar surface area (TPSA) is 125 Å². The summed E-state index contributed by atoms with van der Waals surface area (Å²) in [7, 11) is 0. The van der Waals surface area contributed by atoms with Gasteiger partial charge in [-0.05, 0) is 50.5 Å². The number of aryl methyl sites for hydroxylation is 1. The monoisotopic (exact) mass is 599 g/mol. The lowest BCUT2D eigenvalue weighted by molar-refractivity contribution is -0.123. The predicted octanol–water partition coefficient (Wildman–Crippen LogP) is 4.26. The molecule has 3 aromatic heterocycles. The standard InChI is InChI=1S/C33H41N7O4/c1-20-14-28-25(29-26(30(41)36-28)17-35-40(29)23-7-12-44-13-8-23)15-24(20)31(42)39-11-10-38(21(2)18-39)19-22-16-34-9-6-27(22)37-32(43)33(3,4)5/h6,9,14-17,21,23H,7-8,10-13,18-19H2,1-5H3,(H,36,41)(H,34,37,43)/t21-/m0/s1. The third-order valence-electron chi connectivity index (χ3n) is 8.93. The van der Waals surface area contributed by atoms with E-state index in [-0.39, 0.29) is 29.5 Å². The zero-order valence-electron chi connectivity index (χ0n) is 26.1. The largest absolute Gasteiger partial charge is 0.381 e. The number of hydrogen-bond acceptors (Lipinski definition) is 7. The number of carbonyl (C=O) groups excluding carboxylic acids is 2. The van der Waals surface area contributed by atoms with Crippen molar-refractivity contribution >= 4 is 39.3 Å². The van der Waals surface area contributed by atoms with Crippen LogP contribution in [0.25, 0.3) is 21.8 Å². The molecule has 2 fully saturated rings. The minimum atomic E-state index is -0.508. The van der Waals surface area contributed by atoms with Crippen LogP contribution < -0.4 is 10.9 Å². The Morgan fingerprint density at radius 1 is 1.11 bits per heavy atom. The van der Waals surface area contributed by atoms with Crippen LogP contribution in [0.2, 0.25) is 0 Å². The van der Waals surface area contributed by atoms with E-state index in [0.29, 0.717) is 55.9 Å². The molecule has 0 unspecified atom stereocenters. The second kappa shape index (κ2) is 11.8. The Morgan fingerprint density at radius 3 is 2.61 bits per heavy atom. The third-order valence-corrected chi connectivity index (χ3v) is 8.93. The summed E-state index contributed by atoms with van der Waals surface area (Å²) >= 11 is 0. The minimum absolute atomic E-state index is 0.0214. The Hall–Kier alpha value is -4.09. The number of rotatable bonds is 5. The number of anilines is 1. The molecule has 1 atom stereocenters. The molecular formula is C33H41N7O4. The lowest BCUT2D eigenvalue weighted by atomic mass is 9.95. The first-order chi connectivity index (χ1) is 21.0. The Bertz CT molecular complexity index is 1780. The maximum absolute atomic E-state index is 14.0. The Labute approximate surface area is 256 Å². The number of aromatic amines is 1. The molecule has 0 bridgehead atoms. The van der Waals surface area contributed by atoms with Crippen molar-refractivity contribution in [3.8, 4) is 0 Å². The summed E-state index contributed by atoms with van der Waals surface area (Å²) in [5, 5.41) is 9.03. The van der Waals surface area contributed by atoms with Gasteiger partial charge >= 0.3 is 0 Å². The van der Waals surface area contributed by atoms with Crippen molar-refractivity contribution in [2.75, 3.05) is 38.2 Å². The van der Waals surface area contributed by atoms with Gasteiger partial charge in [-0.3, -0.25) is 28.9 Å². The summed E-state index contributed by atoms with van der Waals surface area (Å²) in [6.07, 6.45) is 6.78. The molecule has 11 heteroatoms. The highest BCUT2D eigenvalue weighted by atomic mass is 16.5. The van der Waals surface area contributed by atoms with Gasteiger partial charge in [-0.2, -0.15) is 5.10 Å². The van der Waals surface area contributed by atoms with Crippen LogP contribution >= 0.6 is 0 Å². The Balaban J connectivity index is 1.23. The van der Waals surface area contributed by atoms with Crippen LogP contribution in [0.4, 0.5) is 5.69 Å². The lowest BCUT2D eigenvalue weighted by Gasteiger charge is -2.40. The second-order valence-corrected chi connectivity index (χ2v) is 13.2. The number of piperazine rings is 1. The maximum Gasteiger partial charge on any atom is 0.259 e. The molecule has 11 nitrogen and oxygen atoms in total. The van der Waals surface area contributed by atoms with Crippen molar-refractivity contribution in [3.05, 3.63) is 63.8 Å². The SMILES string of the molecule is Cc1cc2[nH]c(=O)c3cnn(C4CCOCC4)c3c2cc1C(=O)N1CCN(Cc2cnccc2NC(=O)C(C)(C)C)[C@@H](C)C1. The predicted molar refractivity (Wildman–Crippen MR) is 170 cm³/mol. The van der Waals surface area contributed by atoms with E-state index < -0.39 is 5.41 Å². The van der Waals surface area contributed by atoms with Crippen molar-refractivity contribution in [1.29, 1.82) is 0 Å². The molecule has 4 aromatic rings. The molecule has 0 aliphatic carbocycles. The van der Waals surface area contributed by atoms with E-state index in [1.54, 1.807) is 18.6 Å². The number of nitrogens with zero attached hydrogens (tertiary/aromatic N) is 5. The van der Waals surface area contributed by atoms with Gasteiger partial charge in [0.1, 0.15) is 0 Å². The molecule has 2 saturated heterocycles. The highest BCUT2D eigenvalue weighted by Crippen LogP contribution is 2.31. The van der Waals surface area contributed by atoms with Gasteiger partial charge < -0.3 is 19.9 Å². The van der Waals surface area contributed by atoms with Crippen molar-refractivity contribution in [2.24, 2.45) is 5.41 Å². The van der Waals surface area contributed by atoms with Gasteiger partial charge in [0, 0.05) is 85.4 Å². The van der Waals surface area contributed by atoms with Crippen LogP contribution in [0.5, 0.6) is 0 Å². The van der Waals surface area contributed by atoms with Crippen molar-refractivity contribution in [1.82, 2.24) is 29.5 Å². The molecule has 2 N–H and O–H groups in total. The molecule has 0 spiro atoms. The number of H-pyrrole nitrogens is 1. The number of ether oxygens (including phenoxy) is 1. The van der Waals surface area contributed by atoms with Gasteiger partial charge in [0.2, 0.25) is 5.91 Å². The molecule has 6 rings (SSSR count). The van der Waals surface area contributed by atoms with Gasteiger partial charge in [0.05, 0.1) is 28.7 Å². The maximum atomic E-state index is 14.0. The normalized spacial score (nSPS) is 18.7. The zero-order chi connectivity index (χ0) is 31.2. The number of hydrogen-bond donors (Lipinski definition) is 2. The molecular weight excluding hydrogens is 558 g/mol. The molecule has 2 amide bonds. The molecule has 232 valence electrons. The molecule has 1 aromatic carbocycles. The minimum Gasteiger partial charge on any atom is -0.381 e. The number of nitrogens with one attached hydrogen (secondary N) is 2. The van der Waals surface area contributed by atoms with Crippen LogP contribution in [0.3, 0.4) is 0 Å². The number of benzene rings is 1. The van der Waals surface area contributed by atoms with Crippen LogP contribution in [0.1, 0.15) is 68.1 Å². The summed E-state index contributed by atoms with van der Waals surface area (Å²) in [4.78, 5) is 51.2. The summed E-state index contributed by atoms with van der Waals surface area (Å²) in [6, 6.07) is 5.91. The summed E-state index contributed by atoms with van der Waals surface area (Å²) in [5.41, 5.74) is 3.95. The first-order valence-corrected chi connectivity index (χ1v) is 15.4. The molecule has 2 aliphatic heterocycles. The first kappa shape index (κ1) is 30.0. The number of pyridine rings is 2. The highest BCUT2D eigenvalue weighted by molar-refractivity contribution is 6.07. The Kier molecular flexibility index (Phi) is 8.02. The average molecular weight is 600 g/mol. The van der Waals surface area contributed by atoms with Gasteiger partial charge in [0.15, 0.2) is 0 Å². The van der Waals surface area contributed by atoms with Crippen LogP contribution in [-0.2, 0) is 16.1 Å². The second-order valence-electron chi connectivity index (χ2n) is 13.2. The quantitative estimate of drug-likeness (QED) is 0.351. The van der Waals surface area contributed by atoms with Crippen LogP contribution in [-0.4, -0.2) is 80.3 Å². The molecule has 2 aliphatic rings. The molecule has 0 saturated carbocycles. The van der Waals surface area contributed by atoms with Crippen molar-refractivity contribution in [3.63, 3.8) is 0 Å². The summed E-state index contributed by atoms with van der Waals surface area (Å²) in [5.74, 6) is -0.0665. The fourth-order valence-electron chi connectivity index (χ4n) is 6.22. The van der Waals surface area contributed by atoms with Gasteiger partial charge in [0.25, 0.3) is 11.5 Å². The fraction of sp³-hybridized carbons (Fsp3) is 0.485. The Morgan fingerprint density at radius 2 is 1.89 bits per heavy atom. The fourth-order valence-corrected chi connectivity index (χ4v) is 6.22. The van der Waals surface area contributed by atoms with Crippen LogP contribution in [0.15, 0.2) is 41.6 Å². The van der Waals surface area contributed by atoms with Gasteiger partial charge in [-0.15, -0.1) is 0 Å². The summed E-state index contributed by atoms with van der Waals surface area (Å²) in [6.45, 7) is 13.5. The molecule has 44 heavy (non-hydrogen) atoms. The van der Waals surface area contributed by atoms with E-state index in [1.165, 1.54) is 0 Å². The molecule has 5 heterocycles. The van der Waals surface area contributed by atoms with Crippen molar-refractivity contribution in [2.45, 2.75) is 66.1 Å². The van der Waals surface area contributed by atoms with E-state index in [4.69, 9.17) is 4.74 Å². The zero-order valence-corrected chi connectivity index (χ0v) is 26.1. The van der Waals surface area contributed by atoms with Gasteiger partial charge in [-0.1, -0.05) is 20.8 Å². The first-order valence-electron chi connectivity index (χ1n) is 15.4.